The highest BCUT2D eigenvalue weighted by molar-refractivity contribution is 7.89. The molecule has 0 saturated carbocycles. The van der Waals surface area contributed by atoms with E-state index in [2.05, 4.69) is 0 Å². The second-order valence-corrected chi connectivity index (χ2v) is 8.68. The van der Waals surface area contributed by atoms with Gasteiger partial charge >= 0.3 is 0 Å². The van der Waals surface area contributed by atoms with Gasteiger partial charge in [-0.15, -0.1) is 11.3 Å². The number of halogens is 3. The average molecular weight is 385 g/mol. The van der Waals surface area contributed by atoms with Gasteiger partial charge < -0.3 is 0 Å². The quantitative estimate of drug-likeness (QED) is 0.733. The van der Waals surface area contributed by atoms with E-state index in [1.165, 1.54) is 27.8 Å². The van der Waals surface area contributed by atoms with Crippen molar-refractivity contribution in [3.63, 3.8) is 0 Å². The fourth-order valence-corrected chi connectivity index (χ4v) is 5.54. The van der Waals surface area contributed by atoms with Crippen LogP contribution in [0.2, 0.25) is 14.4 Å². The Hall–Kier alpha value is -0.300. The molecule has 0 radical (unpaired) electrons. The van der Waals surface area contributed by atoms with Gasteiger partial charge in [0.2, 0.25) is 10.0 Å². The van der Waals surface area contributed by atoms with Crippen LogP contribution >= 0.6 is 46.1 Å². The molecule has 8 heteroatoms. The molecule has 1 heterocycles. The third kappa shape index (κ3) is 3.73. The molecule has 0 saturated heterocycles. The highest BCUT2D eigenvalue weighted by Gasteiger charge is 2.28. The molecule has 0 aliphatic heterocycles. The molecule has 114 valence electrons. The van der Waals surface area contributed by atoms with Crippen LogP contribution in [0, 0.1) is 0 Å². The lowest BCUT2D eigenvalue weighted by Crippen LogP contribution is -2.30. The molecule has 2 rings (SSSR count). The zero-order chi connectivity index (χ0) is 15.6. The van der Waals surface area contributed by atoms with Crippen molar-refractivity contribution in [1.82, 2.24) is 4.31 Å². The summed E-state index contributed by atoms with van der Waals surface area (Å²) in [7, 11) is -3.77. The molecule has 0 spiro atoms. The van der Waals surface area contributed by atoms with E-state index in [4.69, 9.17) is 34.8 Å². The smallest absolute Gasteiger partial charge is 0.207 e. The SMILES string of the molecule is CCN(Cc1ccc(Cl)s1)S(=O)(=O)c1c(Cl)cccc1Cl. The summed E-state index contributed by atoms with van der Waals surface area (Å²) in [5.41, 5.74) is 0. The summed E-state index contributed by atoms with van der Waals surface area (Å²) in [5.74, 6) is 0. The van der Waals surface area contributed by atoms with Crippen molar-refractivity contribution < 1.29 is 8.42 Å². The summed E-state index contributed by atoms with van der Waals surface area (Å²) in [6, 6.07) is 8.18. The summed E-state index contributed by atoms with van der Waals surface area (Å²) >= 11 is 19.2. The van der Waals surface area contributed by atoms with Crippen LogP contribution in [0.4, 0.5) is 0 Å². The van der Waals surface area contributed by atoms with E-state index in [1.807, 2.05) is 0 Å². The van der Waals surface area contributed by atoms with Crippen molar-refractivity contribution in [2.45, 2.75) is 18.4 Å². The normalized spacial score (nSPS) is 12.0. The Bertz CT molecular complexity index is 723. The van der Waals surface area contributed by atoms with Gasteiger partial charge in [-0.3, -0.25) is 0 Å². The van der Waals surface area contributed by atoms with Gasteiger partial charge in [0.25, 0.3) is 0 Å². The third-order valence-electron chi connectivity index (χ3n) is 2.83. The molecular formula is C13H12Cl3NO2S2. The Labute approximate surface area is 143 Å². The van der Waals surface area contributed by atoms with Crippen molar-refractivity contribution in [2.75, 3.05) is 6.54 Å². The summed E-state index contributed by atoms with van der Waals surface area (Å²) in [4.78, 5) is 0.798. The maximum absolute atomic E-state index is 12.7. The number of thiophene rings is 1. The van der Waals surface area contributed by atoms with Crippen LogP contribution in [-0.2, 0) is 16.6 Å². The lowest BCUT2D eigenvalue weighted by atomic mass is 10.4. The Morgan fingerprint density at radius 2 is 1.71 bits per heavy atom. The first-order valence-corrected chi connectivity index (χ1v) is 9.43. The third-order valence-corrected chi connectivity index (χ3v) is 6.92. The largest absolute Gasteiger partial charge is 0.246 e. The fourth-order valence-electron chi connectivity index (χ4n) is 1.84. The minimum absolute atomic E-state index is 0.0576. The maximum atomic E-state index is 12.7. The van der Waals surface area contributed by atoms with Gasteiger partial charge in [0.1, 0.15) is 4.90 Å². The zero-order valence-corrected chi connectivity index (χ0v) is 14.9. The molecule has 0 unspecified atom stereocenters. The van der Waals surface area contributed by atoms with Crippen molar-refractivity contribution in [2.24, 2.45) is 0 Å². The van der Waals surface area contributed by atoms with Crippen LogP contribution in [0.3, 0.4) is 0 Å². The number of rotatable bonds is 5. The molecule has 0 amide bonds. The van der Waals surface area contributed by atoms with Crippen LogP contribution in [-0.4, -0.2) is 19.3 Å². The molecule has 0 fully saturated rings. The van der Waals surface area contributed by atoms with Gasteiger partial charge in [-0.05, 0) is 24.3 Å². The van der Waals surface area contributed by atoms with Gasteiger partial charge in [-0.25, -0.2) is 8.42 Å². The van der Waals surface area contributed by atoms with Gasteiger partial charge in [0.15, 0.2) is 0 Å². The van der Waals surface area contributed by atoms with Crippen molar-refractivity contribution >= 4 is 56.2 Å². The summed E-state index contributed by atoms with van der Waals surface area (Å²) < 4.78 is 27.4. The van der Waals surface area contributed by atoms with Crippen LogP contribution in [0.5, 0.6) is 0 Å². The highest BCUT2D eigenvalue weighted by Crippen LogP contribution is 2.33. The average Bonchev–Trinajstić information content (AvgIpc) is 2.81. The summed E-state index contributed by atoms with van der Waals surface area (Å²) in [6.07, 6.45) is 0. The molecular weight excluding hydrogens is 373 g/mol. The molecule has 0 aliphatic rings. The summed E-state index contributed by atoms with van der Waals surface area (Å²) in [5, 5.41) is 0.232. The first-order chi connectivity index (χ1) is 9.86. The monoisotopic (exact) mass is 383 g/mol. The Morgan fingerprint density at radius 1 is 1.10 bits per heavy atom. The van der Waals surface area contributed by atoms with E-state index in [0.29, 0.717) is 10.9 Å². The molecule has 2 aromatic rings. The van der Waals surface area contributed by atoms with Crippen LogP contribution in [0.25, 0.3) is 0 Å². The van der Waals surface area contributed by atoms with E-state index in [1.54, 1.807) is 25.1 Å². The highest BCUT2D eigenvalue weighted by atomic mass is 35.5. The van der Waals surface area contributed by atoms with Gasteiger partial charge in [0, 0.05) is 18.0 Å². The fraction of sp³-hybridized carbons (Fsp3) is 0.231. The Morgan fingerprint density at radius 3 is 2.19 bits per heavy atom. The van der Waals surface area contributed by atoms with E-state index in [9.17, 15) is 8.42 Å². The van der Waals surface area contributed by atoms with E-state index >= 15 is 0 Å². The second-order valence-electron chi connectivity index (χ2n) is 4.19. The number of hydrogen-bond donors (Lipinski definition) is 0. The molecule has 0 bridgehead atoms. The lowest BCUT2D eigenvalue weighted by Gasteiger charge is -2.21. The molecule has 21 heavy (non-hydrogen) atoms. The van der Waals surface area contributed by atoms with E-state index in [0.717, 1.165) is 4.88 Å². The van der Waals surface area contributed by atoms with E-state index in [-0.39, 0.29) is 21.5 Å². The van der Waals surface area contributed by atoms with Gasteiger partial charge in [-0.1, -0.05) is 47.8 Å². The molecule has 3 nitrogen and oxygen atoms in total. The second kappa shape index (κ2) is 6.86. The predicted octanol–water partition coefficient (Wildman–Crippen LogP) is 4.92. The first kappa shape index (κ1) is 17.1. The molecule has 0 atom stereocenters. The number of hydrogen-bond acceptors (Lipinski definition) is 3. The Kier molecular flexibility index (Phi) is 5.57. The predicted molar refractivity (Wildman–Crippen MR) is 89.1 cm³/mol. The number of benzene rings is 1. The van der Waals surface area contributed by atoms with Crippen LogP contribution in [0.15, 0.2) is 35.2 Å². The van der Waals surface area contributed by atoms with Crippen molar-refractivity contribution in [3.05, 3.63) is 49.6 Å². The topological polar surface area (TPSA) is 37.4 Å². The molecule has 0 N–H and O–H groups in total. The molecule has 0 aliphatic carbocycles. The van der Waals surface area contributed by atoms with E-state index < -0.39 is 10.0 Å². The van der Waals surface area contributed by atoms with Gasteiger partial charge in [-0.2, -0.15) is 4.31 Å². The van der Waals surface area contributed by atoms with Crippen molar-refractivity contribution in [1.29, 1.82) is 0 Å². The standard InChI is InChI=1S/C13H12Cl3NO2S2/c1-2-17(8-9-6-7-12(16)20-9)21(18,19)13-10(14)4-3-5-11(13)15/h3-7H,2,8H2,1H3. The van der Waals surface area contributed by atoms with Crippen LogP contribution < -0.4 is 0 Å². The zero-order valence-electron chi connectivity index (χ0n) is 11.0. The van der Waals surface area contributed by atoms with Crippen LogP contribution in [0.1, 0.15) is 11.8 Å². The number of sulfonamides is 1. The van der Waals surface area contributed by atoms with Gasteiger partial charge in [0.05, 0.1) is 14.4 Å². The number of nitrogens with zero attached hydrogens (tertiary/aromatic N) is 1. The minimum Gasteiger partial charge on any atom is -0.207 e. The minimum atomic E-state index is -3.77. The lowest BCUT2D eigenvalue weighted by molar-refractivity contribution is 0.426. The molecule has 1 aromatic heterocycles. The Balaban J connectivity index is 2.40. The first-order valence-electron chi connectivity index (χ1n) is 6.04. The molecule has 1 aromatic carbocycles. The maximum Gasteiger partial charge on any atom is 0.246 e. The summed E-state index contributed by atoms with van der Waals surface area (Å²) in [6.45, 7) is 2.30. The van der Waals surface area contributed by atoms with Crippen molar-refractivity contribution in [3.8, 4) is 0 Å².